The molecule has 186 valence electrons. The fraction of sp³-hybridized carbons (Fsp3) is 0.269. The maximum Gasteiger partial charge on any atom is 0.253 e. The number of amides is 2. The molecule has 0 unspecified atom stereocenters. The normalized spacial score (nSPS) is 13.3. The molecule has 0 bridgehead atoms. The van der Waals surface area contributed by atoms with E-state index in [4.69, 9.17) is 0 Å². The molecule has 0 radical (unpaired) electrons. The third kappa shape index (κ3) is 6.01. The number of nitrogens with zero attached hydrogens (tertiary/aromatic N) is 4. The van der Waals surface area contributed by atoms with Crippen molar-refractivity contribution in [2.75, 3.05) is 36.8 Å². The highest BCUT2D eigenvalue weighted by atomic mass is 19.1. The first kappa shape index (κ1) is 24.8. The summed E-state index contributed by atoms with van der Waals surface area (Å²) in [4.78, 5) is 39.8. The number of hydrogen-bond donors (Lipinski definition) is 2. The molecule has 1 fully saturated rings. The Morgan fingerprint density at radius 3 is 2.25 bits per heavy atom. The molecule has 2 heterocycles. The lowest BCUT2D eigenvalue weighted by Crippen LogP contribution is -2.50. The molecule has 0 saturated carbocycles. The van der Waals surface area contributed by atoms with Gasteiger partial charge in [0.05, 0.1) is 5.69 Å². The molecule has 1 aliphatic heterocycles. The number of carbonyl (C=O) groups excluding carboxylic acids is 3. The monoisotopic (exact) mass is 490 g/mol. The predicted octanol–water partition coefficient (Wildman–Crippen LogP) is 3.48. The first-order valence-electron chi connectivity index (χ1n) is 11.6. The Kier molecular flexibility index (Phi) is 7.53. The average molecular weight is 491 g/mol. The number of halogens is 1. The van der Waals surface area contributed by atoms with E-state index in [1.165, 1.54) is 26.0 Å². The van der Waals surface area contributed by atoms with Crippen LogP contribution in [0.3, 0.4) is 0 Å². The van der Waals surface area contributed by atoms with Crippen molar-refractivity contribution in [3.63, 3.8) is 0 Å². The summed E-state index contributed by atoms with van der Waals surface area (Å²) in [5.74, 6) is -0.246. The van der Waals surface area contributed by atoms with E-state index in [0.717, 1.165) is 5.56 Å². The van der Waals surface area contributed by atoms with Gasteiger partial charge in [0.1, 0.15) is 5.82 Å². The van der Waals surface area contributed by atoms with E-state index in [-0.39, 0.29) is 29.1 Å². The minimum Gasteiger partial charge on any atom is -0.379 e. The number of ketones is 1. The SMILES string of the molecule is CC(=O)c1nnc(Nc2ccc(C(=O)N3CCN(C(C)=O)CC3)cc2)cc1NCc1cccc(F)c1. The van der Waals surface area contributed by atoms with Crippen LogP contribution in [0.1, 0.15) is 40.3 Å². The second-order valence-corrected chi connectivity index (χ2v) is 8.53. The van der Waals surface area contributed by atoms with E-state index in [0.29, 0.717) is 55.5 Å². The molecule has 10 heteroatoms. The zero-order chi connectivity index (χ0) is 25.7. The molecule has 1 saturated heterocycles. The minimum absolute atomic E-state index is 0.0179. The van der Waals surface area contributed by atoms with Gasteiger partial charge in [-0.1, -0.05) is 12.1 Å². The standard InChI is InChI=1S/C26H27FN6O3/c1-17(34)25-23(28-16-19-4-3-5-21(27)14-19)15-24(30-31-25)29-22-8-6-20(7-9-22)26(36)33-12-10-32(11-13-33)18(2)35/h3-9,14-15H,10-13,16H2,1-2H3,(H2,28,29,30). The van der Waals surface area contributed by atoms with Gasteiger partial charge in [-0.25, -0.2) is 4.39 Å². The molecule has 2 amide bonds. The Labute approximate surface area is 208 Å². The van der Waals surface area contributed by atoms with Gasteiger partial charge >= 0.3 is 0 Å². The first-order valence-corrected chi connectivity index (χ1v) is 11.6. The maximum absolute atomic E-state index is 13.5. The van der Waals surface area contributed by atoms with Crippen LogP contribution < -0.4 is 10.6 Å². The summed E-state index contributed by atoms with van der Waals surface area (Å²) in [6.45, 7) is 5.31. The van der Waals surface area contributed by atoms with Crippen molar-refractivity contribution in [2.45, 2.75) is 20.4 Å². The fourth-order valence-electron chi connectivity index (χ4n) is 3.94. The summed E-state index contributed by atoms with van der Waals surface area (Å²) in [6, 6.07) is 14.8. The van der Waals surface area contributed by atoms with Gasteiger partial charge in [0.15, 0.2) is 17.3 Å². The van der Waals surface area contributed by atoms with Gasteiger partial charge in [-0.15, -0.1) is 10.2 Å². The van der Waals surface area contributed by atoms with Crippen molar-refractivity contribution in [3.05, 3.63) is 77.2 Å². The highest BCUT2D eigenvalue weighted by Crippen LogP contribution is 2.22. The molecule has 1 aromatic heterocycles. The third-order valence-corrected chi connectivity index (χ3v) is 5.92. The van der Waals surface area contributed by atoms with E-state index >= 15 is 0 Å². The van der Waals surface area contributed by atoms with Gasteiger partial charge in [-0.05, 0) is 42.0 Å². The number of piperazine rings is 1. The van der Waals surface area contributed by atoms with Crippen molar-refractivity contribution < 1.29 is 18.8 Å². The summed E-state index contributed by atoms with van der Waals surface area (Å²) in [7, 11) is 0. The summed E-state index contributed by atoms with van der Waals surface area (Å²) in [5.41, 5.74) is 2.61. The van der Waals surface area contributed by atoms with Gasteiger partial charge < -0.3 is 20.4 Å². The quantitative estimate of drug-likeness (QED) is 0.488. The number of nitrogens with one attached hydrogen (secondary N) is 2. The highest BCUT2D eigenvalue weighted by molar-refractivity contribution is 5.98. The number of hydrogen-bond acceptors (Lipinski definition) is 7. The summed E-state index contributed by atoms with van der Waals surface area (Å²) in [5, 5.41) is 14.4. The lowest BCUT2D eigenvalue weighted by atomic mass is 10.1. The smallest absolute Gasteiger partial charge is 0.253 e. The number of carbonyl (C=O) groups is 3. The van der Waals surface area contributed by atoms with Crippen molar-refractivity contribution in [1.29, 1.82) is 0 Å². The lowest BCUT2D eigenvalue weighted by Gasteiger charge is -2.34. The van der Waals surface area contributed by atoms with E-state index < -0.39 is 0 Å². The Morgan fingerprint density at radius 2 is 1.61 bits per heavy atom. The lowest BCUT2D eigenvalue weighted by molar-refractivity contribution is -0.130. The third-order valence-electron chi connectivity index (χ3n) is 5.92. The zero-order valence-corrected chi connectivity index (χ0v) is 20.1. The molecule has 9 nitrogen and oxygen atoms in total. The topological polar surface area (TPSA) is 108 Å². The molecule has 0 atom stereocenters. The number of anilines is 3. The van der Waals surface area contributed by atoms with Crippen molar-refractivity contribution in [2.24, 2.45) is 0 Å². The minimum atomic E-state index is -0.337. The maximum atomic E-state index is 13.5. The van der Waals surface area contributed by atoms with E-state index in [1.807, 2.05) is 0 Å². The summed E-state index contributed by atoms with van der Waals surface area (Å²) in [6.07, 6.45) is 0. The molecular weight excluding hydrogens is 463 g/mol. The van der Waals surface area contributed by atoms with E-state index in [1.54, 1.807) is 52.3 Å². The summed E-state index contributed by atoms with van der Waals surface area (Å²) >= 11 is 0. The van der Waals surface area contributed by atoms with Gasteiger partial charge in [0.2, 0.25) is 5.91 Å². The molecule has 4 rings (SSSR count). The van der Waals surface area contributed by atoms with Gasteiger partial charge in [0.25, 0.3) is 5.91 Å². The number of benzene rings is 2. The van der Waals surface area contributed by atoms with Gasteiger partial charge in [-0.2, -0.15) is 0 Å². The van der Waals surface area contributed by atoms with Crippen LogP contribution in [0, 0.1) is 5.82 Å². The fourth-order valence-corrected chi connectivity index (χ4v) is 3.94. The molecule has 36 heavy (non-hydrogen) atoms. The van der Waals surface area contributed by atoms with E-state index in [9.17, 15) is 18.8 Å². The highest BCUT2D eigenvalue weighted by Gasteiger charge is 2.23. The molecule has 2 N–H and O–H groups in total. The van der Waals surface area contributed by atoms with Crippen LogP contribution >= 0.6 is 0 Å². The Balaban J connectivity index is 1.42. The largest absolute Gasteiger partial charge is 0.379 e. The van der Waals surface area contributed by atoms with Crippen LogP contribution in [0.4, 0.5) is 21.6 Å². The van der Waals surface area contributed by atoms with Crippen LogP contribution in [0.15, 0.2) is 54.6 Å². The number of Topliss-reactive ketones (excluding diaryl/α,β-unsaturated/α-hetero) is 1. The zero-order valence-electron chi connectivity index (χ0n) is 20.1. The predicted molar refractivity (Wildman–Crippen MR) is 134 cm³/mol. The van der Waals surface area contributed by atoms with Gasteiger partial charge in [-0.3, -0.25) is 14.4 Å². The summed E-state index contributed by atoms with van der Waals surface area (Å²) < 4.78 is 13.5. The Hall–Kier alpha value is -4.34. The second-order valence-electron chi connectivity index (χ2n) is 8.53. The Bertz CT molecular complexity index is 1270. The van der Waals surface area contributed by atoms with Crippen LogP contribution in [0.5, 0.6) is 0 Å². The number of rotatable bonds is 7. The van der Waals surface area contributed by atoms with Gasteiger partial charge in [0, 0.05) is 63.9 Å². The first-order chi connectivity index (χ1) is 17.3. The molecule has 1 aliphatic rings. The van der Waals surface area contributed by atoms with Crippen molar-refractivity contribution in [1.82, 2.24) is 20.0 Å². The Morgan fingerprint density at radius 1 is 0.917 bits per heavy atom. The molecule has 3 aromatic rings. The second kappa shape index (κ2) is 10.9. The van der Waals surface area contributed by atoms with Crippen LogP contribution in [-0.2, 0) is 11.3 Å². The van der Waals surface area contributed by atoms with Crippen LogP contribution in [-0.4, -0.2) is 63.8 Å². The van der Waals surface area contributed by atoms with Crippen LogP contribution in [0.25, 0.3) is 0 Å². The van der Waals surface area contributed by atoms with Crippen molar-refractivity contribution in [3.8, 4) is 0 Å². The van der Waals surface area contributed by atoms with Crippen molar-refractivity contribution >= 4 is 34.8 Å². The number of aromatic nitrogens is 2. The molecular formula is C26H27FN6O3. The van der Waals surface area contributed by atoms with Crippen LogP contribution in [0.2, 0.25) is 0 Å². The molecule has 0 aliphatic carbocycles. The molecule has 2 aromatic carbocycles. The average Bonchev–Trinajstić information content (AvgIpc) is 2.87. The molecule has 0 spiro atoms. The van der Waals surface area contributed by atoms with E-state index in [2.05, 4.69) is 20.8 Å².